The topological polar surface area (TPSA) is 74.6 Å². The fourth-order valence-corrected chi connectivity index (χ4v) is 3.08. The van der Waals surface area contributed by atoms with Crippen molar-refractivity contribution in [1.29, 1.82) is 0 Å². The van der Waals surface area contributed by atoms with Crippen LogP contribution < -0.4 is 0 Å². The molecule has 0 heterocycles. The highest BCUT2D eigenvalue weighted by Crippen LogP contribution is 2.34. The van der Waals surface area contributed by atoms with Crippen LogP contribution in [-0.4, -0.2) is 34.5 Å². The van der Waals surface area contributed by atoms with Crippen molar-refractivity contribution >= 4 is 12.1 Å². The average molecular weight is 284 g/mol. The molecule has 0 aliphatic heterocycles. The molecule has 0 radical (unpaired) electrons. The van der Waals surface area contributed by atoms with E-state index in [0.717, 1.165) is 19.1 Å². The van der Waals surface area contributed by atoms with Gasteiger partial charge in [0, 0.05) is 25.2 Å². The van der Waals surface area contributed by atoms with Crippen molar-refractivity contribution in [3.63, 3.8) is 0 Å². The van der Waals surface area contributed by atoms with Crippen LogP contribution >= 0.6 is 0 Å². The Hall–Kier alpha value is -0.740. The van der Waals surface area contributed by atoms with E-state index in [-0.39, 0.29) is 18.1 Å². The summed E-state index contributed by atoms with van der Waals surface area (Å²) in [6.45, 7) is 2.16. The molecule has 1 aliphatic rings. The summed E-state index contributed by atoms with van der Waals surface area (Å²) in [7, 11) is 0. The second-order valence-corrected chi connectivity index (χ2v) is 5.99. The summed E-state index contributed by atoms with van der Waals surface area (Å²) in [6, 6.07) is 0. The maximum absolute atomic E-state index is 11.8. The molecule has 0 saturated heterocycles. The molecular formula is C16H28O4. The van der Waals surface area contributed by atoms with Gasteiger partial charge in [0.15, 0.2) is 0 Å². The molecule has 0 aromatic carbocycles. The smallest absolute Gasteiger partial charge is 0.132 e. The number of hydrogen-bond acceptors (Lipinski definition) is 4. The molecule has 0 aromatic heterocycles. The van der Waals surface area contributed by atoms with Crippen LogP contribution in [0.2, 0.25) is 0 Å². The quantitative estimate of drug-likeness (QED) is 0.476. The number of Topliss-reactive ketones (excluding diaryl/α,β-unsaturated/α-hetero) is 1. The molecule has 1 fully saturated rings. The van der Waals surface area contributed by atoms with Gasteiger partial charge in [-0.2, -0.15) is 0 Å². The van der Waals surface area contributed by atoms with Crippen molar-refractivity contribution in [3.05, 3.63) is 0 Å². The van der Waals surface area contributed by atoms with Gasteiger partial charge in [-0.25, -0.2) is 0 Å². The van der Waals surface area contributed by atoms with Gasteiger partial charge in [0.25, 0.3) is 0 Å². The molecule has 4 nitrogen and oxygen atoms in total. The van der Waals surface area contributed by atoms with Gasteiger partial charge in [-0.3, -0.25) is 4.79 Å². The lowest BCUT2D eigenvalue weighted by atomic mass is 9.89. The molecule has 4 atom stereocenters. The maximum atomic E-state index is 11.8. The van der Waals surface area contributed by atoms with Crippen LogP contribution in [0.5, 0.6) is 0 Å². The van der Waals surface area contributed by atoms with E-state index in [1.54, 1.807) is 0 Å². The van der Waals surface area contributed by atoms with Gasteiger partial charge in [-0.05, 0) is 18.8 Å². The largest absolute Gasteiger partial charge is 0.393 e. The maximum Gasteiger partial charge on any atom is 0.132 e. The van der Waals surface area contributed by atoms with Crippen molar-refractivity contribution in [2.75, 3.05) is 0 Å². The Balaban J connectivity index is 2.21. The summed E-state index contributed by atoms with van der Waals surface area (Å²) in [5.74, 6) is -0.561. The number of hydrogen-bond donors (Lipinski definition) is 2. The molecule has 20 heavy (non-hydrogen) atoms. The predicted molar refractivity (Wildman–Crippen MR) is 77.3 cm³/mol. The minimum atomic E-state index is -0.753. The summed E-state index contributed by atoms with van der Waals surface area (Å²) in [5.41, 5.74) is 0. The molecule has 0 spiro atoms. The molecule has 0 amide bonds. The van der Waals surface area contributed by atoms with Crippen LogP contribution in [-0.2, 0) is 9.59 Å². The Morgan fingerprint density at radius 3 is 2.45 bits per heavy atom. The normalized spacial score (nSPS) is 29.6. The number of unbranched alkanes of at least 4 members (excludes halogenated alkanes) is 4. The third-order valence-corrected chi connectivity index (χ3v) is 4.39. The zero-order chi connectivity index (χ0) is 15.0. The minimum absolute atomic E-state index is 0.208. The molecule has 0 aromatic rings. The summed E-state index contributed by atoms with van der Waals surface area (Å²) in [4.78, 5) is 22.7. The molecule has 4 unspecified atom stereocenters. The zero-order valence-electron chi connectivity index (χ0n) is 12.5. The second-order valence-electron chi connectivity index (χ2n) is 5.99. The number of aliphatic hydroxyl groups excluding tert-OH is 2. The lowest BCUT2D eigenvalue weighted by Gasteiger charge is -2.18. The van der Waals surface area contributed by atoms with E-state index >= 15 is 0 Å². The van der Waals surface area contributed by atoms with Gasteiger partial charge in [-0.15, -0.1) is 0 Å². The highest BCUT2D eigenvalue weighted by atomic mass is 16.3. The summed E-state index contributed by atoms with van der Waals surface area (Å²) >= 11 is 0. The summed E-state index contributed by atoms with van der Waals surface area (Å²) in [5, 5.41) is 19.5. The van der Waals surface area contributed by atoms with Crippen molar-refractivity contribution in [1.82, 2.24) is 0 Å². The van der Waals surface area contributed by atoms with Gasteiger partial charge in [-0.1, -0.05) is 32.6 Å². The van der Waals surface area contributed by atoms with Gasteiger partial charge >= 0.3 is 0 Å². The van der Waals surface area contributed by atoms with Crippen molar-refractivity contribution < 1.29 is 19.8 Å². The van der Waals surface area contributed by atoms with E-state index in [2.05, 4.69) is 6.92 Å². The summed E-state index contributed by atoms with van der Waals surface area (Å²) in [6.07, 6.45) is 6.72. The standard InChI is InChI=1S/C16H28O4/c1-2-3-4-5-6-7-12(18)8-9-13-14(11-17)16(20)10-15(13)19/h11,13-16,19-20H,2-10H2,1H3. The number of ketones is 1. The van der Waals surface area contributed by atoms with Crippen LogP contribution in [0.1, 0.15) is 64.7 Å². The van der Waals surface area contributed by atoms with Crippen molar-refractivity contribution in [2.24, 2.45) is 11.8 Å². The van der Waals surface area contributed by atoms with E-state index in [9.17, 15) is 19.8 Å². The lowest BCUT2D eigenvalue weighted by Crippen LogP contribution is -2.24. The Morgan fingerprint density at radius 1 is 1.10 bits per heavy atom. The number of carbonyl (C=O) groups excluding carboxylic acids is 2. The van der Waals surface area contributed by atoms with Crippen molar-refractivity contribution in [2.45, 2.75) is 76.9 Å². The zero-order valence-corrected chi connectivity index (χ0v) is 12.5. The highest BCUT2D eigenvalue weighted by Gasteiger charge is 2.41. The lowest BCUT2D eigenvalue weighted by molar-refractivity contribution is -0.120. The number of rotatable bonds is 10. The molecule has 2 N–H and O–H groups in total. The van der Waals surface area contributed by atoms with Gasteiger partial charge in [0.1, 0.15) is 12.1 Å². The van der Waals surface area contributed by atoms with E-state index in [1.165, 1.54) is 19.3 Å². The molecule has 0 bridgehead atoms. The van der Waals surface area contributed by atoms with E-state index in [0.29, 0.717) is 19.3 Å². The fraction of sp³-hybridized carbons (Fsp3) is 0.875. The Morgan fingerprint density at radius 2 is 1.80 bits per heavy atom. The third-order valence-electron chi connectivity index (χ3n) is 4.39. The molecule has 1 rings (SSSR count). The Bertz CT molecular complexity index is 303. The number of carbonyl (C=O) groups is 2. The van der Waals surface area contributed by atoms with E-state index in [1.807, 2.05) is 0 Å². The predicted octanol–water partition coefficient (Wildman–Crippen LogP) is 2.25. The van der Waals surface area contributed by atoms with E-state index in [4.69, 9.17) is 0 Å². The second kappa shape index (κ2) is 9.24. The molecular weight excluding hydrogens is 256 g/mol. The fourth-order valence-electron chi connectivity index (χ4n) is 3.08. The van der Waals surface area contributed by atoms with Crippen LogP contribution in [0.4, 0.5) is 0 Å². The van der Waals surface area contributed by atoms with E-state index < -0.39 is 18.1 Å². The van der Waals surface area contributed by atoms with Crippen LogP contribution in [0, 0.1) is 11.8 Å². The van der Waals surface area contributed by atoms with Crippen LogP contribution in [0.3, 0.4) is 0 Å². The number of aldehydes is 1. The van der Waals surface area contributed by atoms with Gasteiger partial charge < -0.3 is 15.0 Å². The van der Waals surface area contributed by atoms with Gasteiger partial charge in [0.2, 0.25) is 0 Å². The molecule has 1 saturated carbocycles. The number of aliphatic hydroxyl groups is 2. The Kier molecular flexibility index (Phi) is 8.00. The first-order chi connectivity index (χ1) is 9.60. The van der Waals surface area contributed by atoms with Gasteiger partial charge in [0.05, 0.1) is 12.2 Å². The first-order valence-electron chi connectivity index (χ1n) is 7.93. The summed E-state index contributed by atoms with van der Waals surface area (Å²) < 4.78 is 0. The van der Waals surface area contributed by atoms with Crippen LogP contribution in [0.25, 0.3) is 0 Å². The van der Waals surface area contributed by atoms with Crippen molar-refractivity contribution in [3.8, 4) is 0 Å². The third kappa shape index (κ3) is 5.33. The first kappa shape index (κ1) is 17.3. The molecule has 1 aliphatic carbocycles. The molecule has 4 heteroatoms. The highest BCUT2D eigenvalue weighted by molar-refractivity contribution is 5.78. The average Bonchev–Trinajstić information content (AvgIpc) is 2.69. The minimum Gasteiger partial charge on any atom is -0.393 e. The monoisotopic (exact) mass is 284 g/mol. The molecule has 116 valence electrons. The first-order valence-corrected chi connectivity index (χ1v) is 7.93. The Labute approximate surface area is 121 Å². The SMILES string of the molecule is CCCCCCCC(=O)CCC1C(O)CC(O)C1C=O. The van der Waals surface area contributed by atoms with Crippen LogP contribution in [0.15, 0.2) is 0 Å².